The predicted octanol–water partition coefficient (Wildman–Crippen LogP) is 4.37. The number of oxazole rings is 1. The number of aryl methyl sites for hydroxylation is 1. The molecule has 3 aromatic heterocycles. The number of rotatable bonds is 6. The van der Waals surface area contributed by atoms with Crippen molar-refractivity contribution in [3.63, 3.8) is 0 Å². The fraction of sp³-hybridized carbons (Fsp3) is 0.200. The van der Waals surface area contributed by atoms with Crippen molar-refractivity contribution in [1.29, 1.82) is 0 Å². The Labute approximate surface area is 218 Å². The first-order chi connectivity index (χ1) is 18.6. The normalized spacial score (nSPS) is 13.2. The van der Waals surface area contributed by atoms with Gasteiger partial charge in [-0.15, -0.1) is 0 Å². The molecule has 0 unspecified atom stereocenters. The van der Waals surface area contributed by atoms with Crippen LogP contribution in [0.2, 0.25) is 0 Å². The average Bonchev–Trinajstić information content (AvgIpc) is 3.59. The van der Waals surface area contributed by atoms with Gasteiger partial charge in [-0.2, -0.15) is 18.3 Å². The lowest BCUT2D eigenvalue weighted by Gasteiger charge is -2.25. The molecule has 1 aliphatic heterocycles. The number of carbonyl (C=O) groups is 3. The van der Waals surface area contributed by atoms with Gasteiger partial charge < -0.3 is 14.4 Å². The summed E-state index contributed by atoms with van der Waals surface area (Å²) in [5.74, 6) is -1.04. The van der Waals surface area contributed by atoms with E-state index >= 15 is 0 Å². The van der Waals surface area contributed by atoms with Crippen LogP contribution >= 0.6 is 0 Å². The minimum Gasteiger partial charge on any atom is -0.465 e. The van der Waals surface area contributed by atoms with E-state index < -0.39 is 30.5 Å². The molecule has 0 aliphatic carbocycles. The number of hydrogen-bond acceptors (Lipinski definition) is 7. The minimum atomic E-state index is -4.78. The van der Waals surface area contributed by atoms with Crippen LogP contribution in [0.25, 0.3) is 17.1 Å². The Hall–Kier alpha value is -5.01. The summed E-state index contributed by atoms with van der Waals surface area (Å²) in [6, 6.07) is 9.25. The SMILES string of the molecule is O=Cc1ccc(-n2cc3c(n2)CCCN3C(=O)c2coc(-c3ccnc(N(CC(F)(F)F)C(=O)O)c3)n2)cc1. The van der Waals surface area contributed by atoms with Crippen LogP contribution in [-0.4, -0.2) is 62.4 Å². The van der Waals surface area contributed by atoms with Crippen LogP contribution in [0.4, 0.5) is 29.5 Å². The summed E-state index contributed by atoms with van der Waals surface area (Å²) in [4.78, 5) is 45.2. The van der Waals surface area contributed by atoms with Gasteiger partial charge in [0.25, 0.3) is 5.91 Å². The molecule has 14 heteroatoms. The van der Waals surface area contributed by atoms with E-state index in [9.17, 15) is 32.7 Å². The molecule has 0 atom stereocenters. The summed E-state index contributed by atoms with van der Waals surface area (Å²) in [6.45, 7) is -1.35. The summed E-state index contributed by atoms with van der Waals surface area (Å²) in [5.41, 5.74) is 2.61. The molecule has 0 saturated heterocycles. The second-order valence-corrected chi connectivity index (χ2v) is 8.60. The van der Waals surface area contributed by atoms with Crippen LogP contribution in [0, 0.1) is 0 Å². The van der Waals surface area contributed by atoms with Crippen LogP contribution in [0.1, 0.15) is 33.0 Å². The molecule has 1 aromatic carbocycles. The highest BCUT2D eigenvalue weighted by Crippen LogP contribution is 2.30. The van der Waals surface area contributed by atoms with Crippen LogP contribution in [0.3, 0.4) is 0 Å². The van der Waals surface area contributed by atoms with Crippen molar-refractivity contribution in [3.8, 4) is 17.1 Å². The molecule has 0 fully saturated rings. The molecule has 0 bridgehead atoms. The first-order valence-corrected chi connectivity index (χ1v) is 11.6. The van der Waals surface area contributed by atoms with E-state index in [0.29, 0.717) is 42.0 Å². The predicted molar refractivity (Wildman–Crippen MR) is 130 cm³/mol. The van der Waals surface area contributed by atoms with Gasteiger partial charge in [-0.3, -0.25) is 14.5 Å². The number of pyridine rings is 1. The van der Waals surface area contributed by atoms with E-state index in [0.717, 1.165) is 24.8 Å². The molecule has 1 N–H and O–H groups in total. The van der Waals surface area contributed by atoms with E-state index in [-0.39, 0.29) is 22.0 Å². The second kappa shape index (κ2) is 10.0. The minimum absolute atomic E-state index is 0.0512. The fourth-order valence-corrected chi connectivity index (χ4v) is 4.15. The summed E-state index contributed by atoms with van der Waals surface area (Å²) < 4.78 is 45.6. The van der Waals surface area contributed by atoms with Crippen LogP contribution in [0.5, 0.6) is 0 Å². The highest BCUT2D eigenvalue weighted by Gasteiger charge is 2.35. The van der Waals surface area contributed by atoms with E-state index in [1.54, 1.807) is 35.1 Å². The molecule has 4 heterocycles. The maximum absolute atomic E-state index is 13.4. The number of nitrogens with zero attached hydrogens (tertiary/aromatic N) is 6. The molecule has 39 heavy (non-hydrogen) atoms. The molecule has 0 saturated carbocycles. The second-order valence-electron chi connectivity index (χ2n) is 8.60. The van der Waals surface area contributed by atoms with Crippen molar-refractivity contribution in [2.45, 2.75) is 19.0 Å². The smallest absolute Gasteiger partial charge is 0.413 e. The highest BCUT2D eigenvalue weighted by atomic mass is 19.4. The number of alkyl halides is 3. The molecule has 2 amide bonds. The monoisotopic (exact) mass is 540 g/mol. The fourth-order valence-electron chi connectivity index (χ4n) is 4.15. The summed E-state index contributed by atoms with van der Waals surface area (Å²) in [5, 5.41) is 13.8. The van der Waals surface area contributed by atoms with Gasteiger partial charge in [-0.25, -0.2) is 19.4 Å². The maximum Gasteiger partial charge on any atom is 0.413 e. The zero-order chi connectivity index (χ0) is 27.7. The zero-order valence-electron chi connectivity index (χ0n) is 20.0. The van der Waals surface area contributed by atoms with Crippen molar-refractivity contribution in [2.24, 2.45) is 0 Å². The van der Waals surface area contributed by atoms with Crippen molar-refractivity contribution < 1.29 is 37.1 Å². The summed E-state index contributed by atoms with van der Waals surface area (Å²) in [7, 11) is 0. The van der Waals surface area contributed by atoms with Gasteiger partial charge in [0.05, 0.1) is 23.3 Å². The number of anilines is 2. The number of hydrogen-bond donors (Lipinski definition) is 1. The van der Waals surface area contributed by atoms with Gasteiger partial charge in [0, 0.05) is 23.9 Å². The molecule has 0 radical (unpaired) electrons. The third kappa shape index (κ3) is 5.35. The summed E-state index contributed by atoms with van der Waals surface area (Å²) in [6.07, 6.45) is -0.612. The number of carbonyl (C=O) groups excluding carboxylic acids is 2. The van der Waals surface area contributed by atoms with Crippen molar-refractivity contribution in [3.05, 3.63) is 72.0 Å². The molecular formula is C25H19F3N6O5. The van der Waals surface area contributed by atoms with Crippen LogP contribution in [0.15, 0.2) is 59.5 Å². The lowest BCUT2D eigenvalue weighted by atomic mass is 10.1. The van der Waals surface area contributed by atoms with E-state index in [1.807, 2.05) is 0 Å². The number of aldehydes is 1. The standard InChI is InChI=1S/C25H19F3N6O5/c26-25(27,28)14-33(24(37)38)21-10-16(7-8-29-21)22-30-19(13-39-22)23(36)32-9-1-2-18-20(32)11-34(31-18)17-5-3-15(12-35)4-6-17/h3-8,10-13H,1-2,9,14H2,(H,37,38). The largest absolute Gasteiger partial charge is 0.465 e. The molecular weight excluding hydrogens is 521 g/mol. The highest BCUT2D eigenvalue weighted by molar-refractivity contribution is 6.05. The van der Waals surface area contributed by atoms with E-state index in [1.165, 1.54) is 11.0 Å². The number of halogens is 3. The van der Waals surface area contributed by atoms with Gasteiger partial charge in [-0.05, 0) is 49.2 Å². The summed E-state index contributed by atoms with van der Waals surface area (Å²) >= 11 is 0. The lowest BCUT2D eigenvalue weighted by molar-refractivity contribution is -0.119. The van der Waals surface area contributed by atoms with Gasteiger partial charge in [0.1, 0.15) is 24.9 Å². The Kier molecular flexibility index (Phi) is 6.60. The first kappa shape index (κ1) is 25.6. The Bertz CT molecular complexity index is 1550. The van der Waals surface area contributed by atoms with Crippen molar-refractivity contribution in [2.75, 3.05) is 22.9 Å². The Morgan fingerprint density at radius 2 is 1.95 bits per heavy atom. The van der Waals surface area contributed by atoms with Crippen molar-refractivity contribution >= 4 is 29.8 Å². The Morgan fingerprint density at radius 3 is 2.64 bits per heavy atom. The average molecular weight is 540 g/mol. The molecule has 0 spiro atoms. The van der Waals surface area contributed by atoms with E-state index in [2.05, 4.69) is 15.1 Å². The van der Waals surface area contributed by atoms with Gasteiger partial charge in [-0.1, -0.05) is 0 Å². The maximum atomic E-state index is 13.4. The molecule has 5 rings (SSSR count). The van der Waals surface area contributed by atoms with Crippen molar-refractivity contribution in [1.82, 2.24) is 19.7 Å². The Morgan fingerprint density at radius 1 is 1.18 bits per heavy atom. The topological polar surface area (TPSA) is 135 Å². The third-order valence-electron chi connectivity index (χ3n) is 5.95. The number of carboxylic acid groups (broad SMARTS) is 1. The molecule has 11 nitrogen and oxygen atoms in total. The number of benzene rings is 1. The molecule has 1 aliphatic rings. The van der Waals surface area contributed by atoms with Crippen LogP contribution < -0.4 is 9.80 Å². The van der Waals surface area contributed by atoms with Crippen LogP contribution in [-0.2, 0) is 6.42 Å². The molecule has 4 aromatic rings. The number of amides is 2. The quantitative estimate of drug-likeness (QED) is 0.356. The lowest BCUT2D eigenvalue weighted by Crippen LogP contribution is -2.38. The van der Waals surface area contributed by atoms with E-state index in [4.69, 9.17) is 4.42 Å². The zero-order valence-corrected chi connectivity index (χ0v) is 20.0. The van der Waals surface area contributed by atoms with Gasteiger partial charge >= 0.3 is 12.3 Å². The molecule has 200 valence electrons. The number of aromatic nitrogens is 4. The van der Waals surface area contributed by atoms with Gasteiger partial charge in [0.15, 0.2) is 5.69 Å². The Balaban J connectivity index is 1.39. The van der Waals surface area contributed by atoms with Gasteiger partial charge in [0.2, 0.25) is 5.89 Å². The number of fused-ring (bicyclic) bond motifs is 1. The third-order valence-corrected chi connectivity index (χ3v) is 5.95. The first-order valence-electron chi connectivity index (χ1n) is 11.6.